The summed E-state index contributed by atoms with van der Waals surface area (Å²) in [7, 11) is -3.97. The highest BCUT2D eigenvalue weighted by molar-refractivity contribution is 7.93. The fraction of sp³-hybridized carbons (Fsp3) is 0. The number of sulfonamides is 1. The van der Waals surface area contributed by atoms with Gasteiger partial charge >= 0.3 is 0 Å². The molecule has 0 fully saturated rings. The van der Waals surface area contributed by atoms with Gasteiger partial charge in [-0.15, -0.1) is 0 Å². The van der Waals surface area contributed by atoms with Crippen LogP contribution in [0.15, 0.2) is 41.3 Å². The molecular formula is C13H9Cl2N3O2S. The number of hydrogen-bond acceptors (Lipinski definition) is 4. The Hall–Kier alpha value is -1.94. The van der Waals surface area contributed by atoms with Crippen LogP contribution in [0.5, 0.6) is 0 Å². The van der Waals surface area contributed by atoms with Crippen LogP contribution in [0.2, 0.25) is 10.0 Å². The first kappa shape index (κ1) is 15.4. The fourth-order valence-electron chi connectivity index (χ4n) is 1.69. The van der Waals surface area contributed by atoms with Gasteiger partial charge < -0.3 is 5.73 Å². The highest BCUT2D eigenvalue weighted by atomic mass is 35.5. The highest BCUT2D eigenvalue weighted by Gasteiger charge is 2.21. The van der Waals surface area contributed by atoms with Crippen molar-refractivity contribution in [2.75, 3.05) is 10.5 Å². The zero-order chi connectivity index (χ0) is 15.6. The van der Waals surface area contributed by atoms with E-state index < -0.39 is 10.0 Å². The number of halogens is 2. The zero-order valence-electron chi connectivity index (χ0n) is 10.5. The van der Waals surface area contributed by atoms with E-state index in [1.807, 2.05) is 6.07 Å². The van der Waals surface area contributed by atoms with Gasteiger partial charge in [0, 0.05) is 0 Å². The molecule has 2 aromatic carbocycles. The third kappa shape index (κ3) is 3.22. The lowest BCUT2D eigenvalue weighted by molar-refractivity contribution is 0.601. The van der Waals surface area contributed by atoms with Crippen LogP contribution in [0, 0.1) is 11.3 Å². The molecule has 8 heteroatoms. The molecule has 0 amide bonds. The molecule has 0 unspecified atom stereocenters. The lowest BCUT2D eigenvalue weighted by atomic mass is 10.2. The molecule has 0 aliphatic carbocycles. The molecule has 21 heavy (non-hydrogen) atoms. The van der Waals surface area contributed by atoms with Crippen molar-refractivity contribution in [3.05, 3.63) is 52.0 Å². The van der Waals surface area contributed by atoms with Crippen LogP contribution in [0.3, 0.4) is 0 Å². The summed E-state index contributed by atoms with van der Waals surface area (Å²) < 4.78 is 27.0. The summed E-state index contributed by atoms with van der Waals surface area (Å²) in [6, 6.07) is 10.5. The van der Waals surface area contributed by atoms with Gasteiger partial charge in [-0.25, -0.2) is 8.42 Å². The molecule has 2 rings (SSSR count). The van der Waals surface area contributed by atoms with Crippen molar-refractivity contribution in [2.45, 2.75) is 4.90 Å². The van der Waals surface area contributed by atoms with E-state index >= 15 is 0 Å². The molecule has 0 aliphatic rings. The van der Waals surface area contributed by atoms with Crippen LogP contribution in [0.1, 0.15) is 5.56 Å². The van der Waals surface area contributed by atoms with E-state index in [1.165, 1.54) is 30.3 Å². The molecule has 0 saturated carbocycles. The van der Waals surface area contributed by atoms with Gasteiger partial charge in [-0.2, -0.15) is 5.26 Å². The van der Waals surface area contributed by atoms with E-state index in [0.29, 0.717) is 0 Å². The van der Waals surface area contributed by atoms with Gasteiger partial charge in [-0.05, 0) is 30.3 Å². The standard InChI is InChI=1S/C13H9Cl2N3O2S/c14-10-5-4-9(6-8(10)7-16)18-21(19,20)13-11(15)2-1-3-12(13)17/h1-6,18H,17H2. The average molecular weight is 342 g/mol. The number of nitrogens with two attached hydrogens (primary N) is 1. The number of hydrogen-bond donors (Lipinski definition) is 2. The van der Waals surface area contributed by atoms with Gasteiger partial charge in [0.15, 0.2) is 0 Å². The van der Waals surface area contributed by atoms with Gasteiger partial charge in [-0.1, -0.05) is 29.3 Å². The number of nitriles is 1. The Bertz CT molecular complexity index is 825. The molecule has 0 radical (unpaired) electrons. The maximum Gasteiger partial charge on any atom is 0.265 e. The van der Waals surface area contributed by atoms with Gasteiger partial charge in [-0.3, -0.25) is 4.72 Å². The van der Waals surface area contributed by atoms with E-state index in [0.717, 1.165) is 0 Å². The van der Waals surface area contributed by atoms with Gasteiger partial charge in [0.25, 0.3) is 10.0 Å². The normalized spacial score (nSPS) is 10.9. The summed E-state index contributed by atoms with van der Waals surface area (Å²) in [6.07, 6.45) is 0. The predicted octanol–water partition coefficient (Wildman–Crippen LogP) is 3.25. The summed E-state index contributed by atoms with van der Waals surface area (Å²) in [6.45, 7) is 0. The minimum atomic E-state index is -3.97. The van der Waals surface area contributed by atoms with Crippen molar-refractivity contribution in [3.63, 3.8) is 0 Å². The first-order valence-electron chi connectivity index (χ1n) is 5.61. The summed E-state index contributed by atoms with van der Waals surface area (Å²) in [4.78, 5) is -0.208. The van der Waals surface area contributed by atoms with Crippen LogP contribution in [0.4, 0.5) is 11.4 Å². The van der Waals surface area contributed by atoms with E-state index in [1.54, 1.807) is 6.07 Å². The quantitative estimate of drug-likeness (QED) is 0.837. The Morgan fingerprint density at radius 1 is 1.14 bits per heavy atom. The van der Waals surface area contributed by atoms with Crippen molar-refractivity contribution in [3.8, 4) is 6.07 Å². The second kappa shape index (κ2) is 5.82. The Morgan fingerprint density at radius 2 is 1.86 bits per heavy atom. The van der Waals surface area contributed by atoms with Gasteiger partial charge in [0.2, 0.25) is 0 Å². The first-order valence-corrected chi connectivity index (χ1v) is 7.85. The number of rotatable bonds is 3. The molecular weight excluding hydrogens is 333 g/mol. The fourth-order valence-corrected chi connectivity index (χ4v) is 3.58. The second-order valence-corrected chi connectivity index (χ2v) is 6.50. The van der Waals surface area contributed by atoms with Crippen LogP contribution in [0.25, 0.3) is 0 Å². The second-order valence-electron chi connectivity index (χ2n) is 4.07. The maximum atomic E-state index is 12.3. The van der Waals surface area contributed by atoms with E-state index in [2.05, 4.69) is 4.72 Å². The van der Waals surface area contributed by atoms with Crippen molar-refractivity contribution >= 4 is 44.6 Å². The van der Waals surface area contributed by atoms with Crippen molar-refractivity contribution in [2.24, 2.45) is 0 Å². The lowest BCUT2D eigenvalue weighted by Gasteiger charge is -2.12. The third-order valence-electron chi connectivity index (χ3n) is 2.61. The largest absolute Gasteiger partial charge is 0.398 e. The minimum Gasteiger partial charge on any atom is -0.398 e. The molecule has 2 aromatic rings. The number of benzene rings is 2. The molecule has 0 heterocycles. The van der Waals surface area contributed by atoms with E-state index in [-0.39, 0.29) is 31.9 Å². The van der Waals surface area contributed by atoms with Crippen LogP contribution >= 0.6 is 23.2 Å². The smallest absolute Gasteiger partial charge is 0.265 e. The topological polar surface area (TPSA) is 96.0 Å². The lowest BCUT2D eigenvalue weighted by Crippen LogP contribution is -2.15. The summed E-state index contributed by atoms with van der Waals surface area (Å²) in [5.74, 6) is 0. The zero-order valence-corrected chi connectivity index (χ0v) is 12.8. The van der Waals surface area contributed by atoms with Gasteiger partial charge in [0.1, 0.15) is 11.0 Å². The molecule has 0 saturated heterocycles. The highest BCUT2D eigenvalue weighted by Crippen LogP contribution is 2.29. The van der Waals surface area contributed by atoms with Crippen molar-refractivity contribution < 1.29 is 8.42 Å². The maximum absolute atomic E-state index is 12.3. The van der Waals surface area contributed by atoms with E-state index in [9.17, 15) is 8.42 Å². The Balaban J connectivity index is 2.46. The molecule has 0 spiro atoms. The predicted molar refractivity (Wildman–Crippen MR) is 82.8 cm³/mol. The first-order chi connectivity index (χ1) is 9.85. The Labute approximate surface area is 132 Å². The molecule has 3 N–H and O–H groups in total. The summed E-state index contributed by atoms with van der Waals surface area (Å²) >= 11 is 11.7. The van der Waals surface area contributed by atoms with Crippen molar-refractivity contribution in [1.29, 1.82) is 5.26 Å². The Morgan fingerprint density at radius 3 is 2.48 bits per heavy atom. The van der Waals surface area contributed by atoms with Crippen molar-refractivity contribution in [1.82, 2.24) is 0 Å². The number of nitrogens with zero attached hydrogens (tertiary/aromatic N) is 1. The van der Waals surface area contributed by atoms with E-state index in [4.69, 9.17) is 34.2 Å². The third-order valence-corrected chi connectivity index (χ3v) is 4.86. The number of nitrogen functional groups attached to an aromatic ring is 1. The number of nitrogens with one attached hydrogen (secondary N) is 1. The van der Waals surface area contributed by atoms with Crippen LogP contribution in [-0.4, -0.2) is 8.42 Å². The Kier molecular flexibility index (Phi) is 4.28. The average Bonchev–Trinajstić information content (AvgIpc) is 2.40. The monoisotopic (exact) mass is 341 g/mol. The molecule has 0 atom stereocenters. The van der Waals surface area contributed by atoms with Crippen LogP contribution in [-0.2, 0) is 10.0 Å². The summed E-state index contributed by atoms with van der Waals surface area (Å²) in [5, 5.41) is 9.14. The molecule has 0 aromatic heterocycles. The minimum absolute atomic E-state index is 0.0111. The number of anilines is 2. The van der Waals surface area contributed by atoms with Gasteiger partial charge in [0.05, 0.1) is 27.0 Å². The SMILES string of the molecule is N#Cc1cc(NS(=O)(=O)c2c(N)cccc2Cl)ccc1Cl. The summed E-state index contributed by atoms with van der Waals surface area (Å²) in [5.41, 5.74) is 6.04. The van der Waals surface area contributed by atoms with Crippen LogP contribution < -0.4 is 10.5 Å². The molecule has 0 aliphatic heterocycles. The molecule has 0 bridgehead atoms. The molecule has 5 nitrogen and oxygen atoms in total. The molecule has 108 valence electrons.